The molecule has 0 N–H and O–H groups in total. The molecule has 8 heteroatoms. The van der Waals surface area contributed by atoms with Gasteiger partial charge in [0.1, 0.15) is 12.6 Å². The molecule has 0 aliphatic heterocycles. The zero-order chi connectivity index (χ0) is 44.2. The van der Waals surface area contributed by atoms with Gasteiger partial charge in [0, 0.05) is 19.3 Å². The number of ether oxygens (including phenoxy) is 3. The molecule has 0 aliphatic rings. The third-order valence-corrected chi connectivity index (χ3v) is 10.9. The van der Waals surface area contributed by atoms with Gasteiger partial charge in [-0.2, -0.15) is 0 Å². The predicted molar refractivity (Wildman–Crippen MR) is 250 cm³/mol. The molecule has 8 nitrogen and oxygen atoms in total. The largest absolute Gasteiger partial charge is 0.544 e. The molecule has 348 valence electrons. The fourth-order valence-electron chi connectivity index (χ4n) is 7.14. The first-order valence-corrected chi connectivity index (χ1v) is 24.7. The Morgan fingerprint density at radius 1 is 0.517 bits per heavy atom. The van der Waals surface area contributed by atoms with E-state index in [1.807, 2.05) is 0 Å². The van der Waals surface area contributed by atoms with Gasteiger partial charge in [0.15, 0.2) is 6.10 Å². The van der Waals surface area contributed by atoms with Crippen LogP contribution in [0.15, 0.2) is 48.6 Å². The summed E-state index contributed by atoms with van der Waals surface area (Å²) < 4.78 is 17.2. The van der Waals surface area contributed by atoms with E-state index in [1.54, 1.807) is 21.1 Å². The molecule has 0 radical (unpaired) electrons. The van der Waals surface area contributed by atoms with Gasteiger partial charge in [-0.1, -0.05) is 172 Å². The number of carbonyl (C=O) groups is 3. The predicted octanol–water partition coefficient (Wildman–Crippen LogP) is 12.6. The highest BCUT2D eigenvalue weighted by atomic mass is 16.6. The van der Waals surface area contributed by atoms with Gasteiger partial charge in [-0.05, 0) is 70.6 Å². The number of esters is 2. The number of carbonyl (C=O) groups excluding carboxylic acids is 3. The third kappa shape index (κ3) is 40.7. The highest BCUT2D eigenvalue weighted by Crippen LogP contribution is 2.15. The molecule has 60 heavy (non-hydrogen) atoms. The molecule has 0 aliphatic carbocycles. The smallest absolute Gasteiger partial charge is 0.306 e. The van der Waals surface area contributed by atoms with Crippen LogP contribution in [0.5, 0.6) is 0 Å². The van der Waals surface area contributed by atoms with Crippen LogP contribution in [0.1, 0.15) is 213 Å². The van der Waals surface area contributed by atoms with E-state index in [9.17, 15) is 19.5 Å². The van der Waals surface area contributed by atoms with E-state index in [4.69, 9.17) is 14.2 Å². The van der Waals surface area contributed by atoms with Gasteiger partial charge in [-0.3, -0.25) is 9.59 Å². The molecule has 2 atom stereocenters. The van der Waals surface area contributed by atoms with Gasteiger partial charge in [0.25, 0.3) is 0 Å². The minimum absolute atomic E-state index is 0.0374. The summed E-state index contributed by atoms with van der Waals surface area (Å²) in [6, 6.07) is -0.728. The van der Waals surface area contributed by atoms with Crippen LogP contribution in [-0.2, 0) is 28.6 Å². The Labute approximate surface area is 369 Å². The number of nitrogens with zero attached hydrogens (tertiary/aromatic N) is 1. The Balaban J connectivity index is 4.28. The fraction of sp³-hybridized carbons (Fsp3) is 0.788. The molecule has 0 fully saturated rings. The maximum Gasteiger partial charge on any atom is 0.306 e. The van der Waals surface area contributed by atoms with E-state index >= 15 is 0 Å². The van der Waals surface area contributed by atoms with E-state index in [-0.39, 0.29) is 42.7 Å². The lowest BCUT2D eigenvalue weighted by atomic mass is 10.1. The van der Waals surface area contributed by atoms with Crippen molar-refractivity contribution in [3.8, 4) is 0 Å². The van der Waals surface area contributed by atoms with E-state index in [1.165, 1.54) is 116 Å². The number of hydrogen-bond donors (Lipinski definition) is 0. The van der Waals surface area contributed by atoms with E-state index in [0.717, 1.165) is 64.2 Å². The van der Waals surface area contributed by atoms with Gasteiger partial charge in [-0.15, -0.1) is 0 Å². The van der Waals surface area contributed by atoms with Crippen LogP contribution in [-0.4, -0.2) is 75.5 Å². The van der Waals surface area contributed by atoms with Gasteiger partial charge < -0.3 is 28.6 Å². The Morgan fingerprint density at radius 2 is 0.933 bits per heavy atom. The Kier molecular flexibility index (Phi) is 41.0. The summed E-state index contributed by atoms with van der Waals surface area (Å²) in [5.41, 5.74) is 0. The molecule has 0 bridgehead atoms. The summed E-state index contributed by atoms with van der Waals surface area (Å²) in [6.45, 7) is 4.55. The lowest BCUT2D eigenvalue weighted by Crippen LogP contribution is -2.55. The molecule has 2 unspecified atom stereocenters. The number of quaternary nitrogens is 1. The van der Waals surface area contributed by atoms with Crippen LogP contribution in [0.4, 0.5) is 0 Å². The summed E-state index contributed by atoms with van der Waals surface area (Å²) in [5, 5.41) is 11.7. The molecule has 0 saturated carbocycles. The first-order valence-electron chi connectivity index (χ1n) is 24.7. The number of likely N-dealkylation sites (N-methyl/N-ethyl adjacent to an activating group) is 1. The summed E-state index contributed by atoms with van der Waals surface area (Å²) in [5.74, 6) is -1.74. The van der Waals surface area contributed by atoms with Gasteiger partial charge in [0.05, 0.1) is 40.3 Å². The van der Waals surface area contributed by atoms with Crippen LogP contribution in [0.3, 0.4) is 0 Å². The second-order valence-corrected chi connectivity index (χ2v) is 17.7. The topological polar surface area (TPSA) is 102 Å². The van der Waals surface area contributed by atoms with Crippen LogP contribution >= 0.6 is 0 Å². The zero-order valence-corrected chi connectivity index (χ0v) is 39.6. The maximum atomic E-state index is 12.8. The van der Waals surface area contributed by atoms with E-state index in [2.05, 4.69) is 62.5 Å². The molecular weight excluding hydrogens is 751 g/mol. The van der Waals surface area contributed by atoms with E-state index < -0.39 is 18.1 Å². The van der Waals surface area contributed by atoms with Crippen molar-refractivity contribution in [1.82, 2.24) is 0 Å². The minimum Gasteiger partial charge on any atom is -0.544 e. The third-order valence-electron chi connectivity index (χ3n) is 10.9. The number of rotatable bonds is 44. The monoisotopic (exact) mass is 844 g/mol. The van der Waals surface area contributed by atoms with Crippen molar-refractivity contribution in [3.63, 3.8) is 0 Å². The van der Waals surface area contributed by atoms with Crippen molar-refractivity contribution < 1.29 is 38.2 Å². The molecular formula is C52H93NO7. The second kappa shape index (κ2) is 43.0. The van der Waals surface area contributed by atoms with Crippen molar-refractivity contribution in [2.45, 2.75) is 225 Å². The highest BCUT2D eigenvalue weighted by Gasteiger charge is 2.25. The molecule has 0 aromatic heterocycles. The van der Waals surface area contributed by atoms with Crippen molar-refractivity contribution >= 4 is 17.9 Å². The number of allylic oxidation sites excluding steroid dienone is 8. The van der Waals surface area contributed by atoms with Gasteiger partial charge in [-0.25, -0.2) is 0 Å². The number of unbranched alkanes of at least 4 members (excludes halogenated alkanes) is 22. The Bertz CT molecular complexity index is 1120. The molecule has 0 aromatic rings. The lowest BCUT2D eigenvalue weighted by molar-refractivity contribution is -0.889. The number of aliphatic carboxylic acids is 1. The van der Waals surface area contributed by atoms with Crippen LogP contribution in [0, 0.1) is 0 Å². The quantitative estimate of drug-likeness (QED) is 0.0260. The van der Waals surface area contributed by atoms with Crippen LogP contribution < -0.4 is 5.11 Å². The average Bonchev–Trinajstić information content (AvgIpc) is 3.21. The standard InChI is InChI=1S/C52H93NO7/c1-6-8-10-12-14-16-18-20-22-24-25-27-29-31-33-35-37-39-41-43-51(55)60-48(46-58-45-44-49(52(56)57)53(3,4)5)47-59-50(54)42-40-38-36-34-32-30-28-26-23-21-19-17-15-13-11-9-7-2/h8,10,14,16,20-23,48-49H,6-7,9,11-13,15,17-19,24-47H2,1-5H3/b10-8+,16-14+,22-20+,23-21+. The fourth-order valence-corrected chi connectivity index (χ4v) is 7.14. The SMILES string of the molecule is CC/C=C/C/C=C/C/C=C/CCCCCCCCCCCC(=O)OC(COCCC(C(=O)[O-])[N+](C)(C)C)COC(=O)CCCCCCCCC/C=C/CCCCCCCC. The Hall–Kier alpha value is -2.71. The molecule has 0 aromatic carbocycles. The number of hydrogen-bond acceptors (Lipinski definition) is 7. The van der Waals surface area contributed by atoms with Crippen LogP contribution in [0.2, 0.25) is 0 Å². The van der Waals surface area contributed by atoms with Crippen LogP contribution in [0.25, 0.3) is 0 Å². The van der Waals surface area contributed by atoms with Gasteiger partial charge in [0.2, 0.25) is 0 Å². The first-order chi connectivity index (χ1) is 29.1. The maximum absolute atomic E-state index is 12.8. The number of carboxylic acids is 1. The average molecular weight is 844 g/mol. The summed E-state index contributed by atoms with van der Waals surface area (Å²) >= 11 is 0. The van der Waals surface area contributed by atoms with Crippen molar-refractivity contribution in [3.05, 3.63) is 48.6 Å². The van der Waals surface area contributed by atoms with E-state index in [0.29, 0.717) is 12.8 Å². The van der Waals surface area contributed by atoms with Gasteiger partial charge >= 0.3 is 11.9 Å². The molecule has 0 amide bonds. The molecule has 0 heterocycles. The molecule has 0 saturated heterocycles. The summed E-state index contributed by atoms with van der Waals surface area (Å²) in [4.78, 5) is 37.0. The summed E-state index contributed by atoms with van der Waals surface area (Å²) in [7, 11) is 5.41. The molecule has 0 rings (SSSR count). The normalized spacial score (nSPS) is 13.3. The second-order valence-electron chi connectivity index (χ2n) is 17.7. The molecule has 0 spiro atoms. The summed E-state index contributed by atoms with van der Waals surface area (Å²) in [6.07, 6.45) is 51.3. The minimum atomic E-state index is -1.13. The lowest BCUT2D eigenvalue weighted by Gasteiger charge is -2.34. The Morgan fingerprint density at radius 3 is 1.40 bits per heavy atom. The zero-order valence-electron chi connectivity index (χ0n) is 39.6. The highest BCUT2D eigenvalue weighted by molar-refractivity contribution is 5.70. The first kappa shape index (κ1) is 57.3. The number of carboxylic acid groups (broad SMARTS) is 1. The van der Waals surface area contributed by atoms with Crippen molar-refractivity contribution in [2.75, 3.05) is 41.0 Å². The van der Waals surface area contributed by atoms with Crippen molar-refractivity contribution in [2.24, 2.45) is 0 Å². The van der Waals surface area contributed by atoms with Crippen molar-refractivity contribution in [1.29, 1.82) is 0 Å².